The van der Waals surface area contributed by atoms with Crippen molar-refractivity contribution >= 4 is 25.7 Å². The molecule has 0 saturated carbocycles. The van der Waals surface area contributed by atoms with E-state index in [4.69, 9.17) is 13.8 Å². The molecule has 3 atom stereocenters. The molecule has 0 aromatic heterocycles. The third-order valence-electron chi connectivity index (χ3n) is 12.0. The van der Waals surface area contributed by atoms with Crippen LogP contribution in [0, 0.1) is 0 Å². The van der Waals surface area contributed by atoms with E-state index in [0.717, 1.165) is 44.9 Å². The Morgan fingerprint density at radius 1 is 0.492 bits per heavy atom. The highest BCUT2D eigenvalue weighted by Gasteiger charge is 2.28. The molecule has 0 saturated heterocycles. The highest BCUT2D eigenvalue weighted by Crippen LogP contribution is 2.43. The van der Waals surface area contributed by atoms with Gasteiger partial charge in [0.2, 0.25) is 5.91 Å². The zero-order valence-electron chi connectivity index (χ0n) is 41.8. The van der Waals surface area contributed by atoms with E-state index in [2.05, 4.69) is 43.5 Å². The number of phosphoric acid groups is 1. The summed E-state index contributed by atoms with van der Waals surface area (Å²) in [5.74, 6) is -2.35. The van der Waals surface area contributed by atoms with Gasteiger partial charge in [0.05, 0.1) is 13.2 Å². The van der Waals surface area contributed by atoms with Crippen molar-refractivity contribution in [1.29, 1.82) is 0 Å². The first-order valence-electron chi connectivity index (χ1n) is 26.9. The highest BCUT2D eigenvalue weighted by molar-refractivity contribution is 7.47. The lowest BCUT2D eigenvalue weighted by Crippen LogP contribution is -2.43. The van der Waals surface area contributed by atoms with Gasteiger partial charge in [-0.1, -0.05) is 231 Å². The van der Waals surface area contributed by atoms with Crippen molar-refractivity contribution in [2.75, 3.05) is 19.8 Å². The summed E-state index contributed by atoms with van der Waals surface area (Å²) in [6.45, 7) is 2.62. The first kappa shape index (κ1) is 63.0. The second-order valence-corrected chi connectivity index (χ2v) is 19.9. The van der Waals surface area contributed by atoms with Gasteiger partial charge in [-0.25, -0.2) is 9.36 Å². The zero-order valence-corrected chi connectivity index (χ0v) is 42.7. The number of hydrogen-bond donors (Lipinski definition) is 4. The first-order chi connectivity index (χ1) is 31.6. The smallest absolute Gasteiger partial charge is 0.472 e. The summed E-state index contributed by atoms with van der Waals surface area (Å²) >= 11 is 0. The van der Waals surface area contributed by atoms with E-state index < -0.39 is 57.6 Å². The Balaban J connectivity index is 3.77. The molecule has 0 aliphatic heterocycles. The Hall–Kier alpha value is -2.04. The number of carboxylic acid groups (broad SMARTS) is 1. The lowest BCUT2D eigenvalue weighted by Gasteiger charge is -2.18. The average Bonchev–Trinajstić information content (AvgIpc) is 3.28. The molecule has 12 heteroatoms. The molecule has 0 spiro atoms. The number of carboxylic acids is 1. The second kappa shape index (κ2) is 48.4. The van der Waals surface area contributed by atoms with Gasteiger partial charge in [-0.3, -0.25) is 18.6 Å². The number of aliphatic carboxylic acids is 1. The van der Waals surface area contributed by atoms with Gasteiger partial charge < -0.3 is 25.2 Å². The van der Waals surface area contributed by atoms with E-state index in [9.17, 15) is 34.1 Å². The van der Waals surface area contributed by atoms with Crippen molar-refractivity contribution in [1.82, 2.24) is 5.32 Å². The van der Waals surface area contributed by atoms with Crippen LogP contribution in [0.15, 0.2) is 24.3 Å². The average molecular weight is 942 g/mol. The van der Waals surface area contributed by atoms with Crippen LogP contribution in [0.1, 0.15) is 264 Å². The molecule has 0 aliphatic carbocycles. The van der Waals surface area contributed by atoms with Gasteiger partial charge in [0.1, 0.15) is 12.7 Å². The molecule has 0 bridgehead atoms. The Bertz CT molecular complexity index is 1200. The lowest BCUT2D eigenvalue weighted by molar-refractivity contribution is -0.147. The number of carbonyl (C=O) groups excluding carboxylic acids is 2. The second-order valence-electron chi connectivity index (χ2n) is 18.4. The fourth-order valence-corrected chi connectivity index (χ4v) is 8.59. The third kappa shape index (κ3) is 48.2. The van der Waals surface area contributed by atoms with Crippen molar-refractivity contribution in [3.63, 3.8) is 0 Å². The van der Waals surface area contributed by atoms with Crippen molar-refractivity contribution in [2.24, 2.45) is 0 Å². The molecule has 0 radical (unpaired) electrons. The van der Waals surface area contributed by atoms with Gasteiger partial charge in [0, 0.05) is 12.8 Å². The number of phosphoric ester groups is 1. The molecule has 11 nitrogen and oxygen atoms in total. The topological polar surface area (TPSA) is 169 Å². The van der Waals surface area contributed by atoms with Crippen molar-refractivity contribution in [3.8, 4) is 0 Å². The minimum absolute atomic E-state index is 0.151. The number of aliphatic hydroxyl groups is 1. The van der Waals surface area contributed by atoms with Crippen LogP contribution >= 0.6 is 7.82 Å². The highest BCUT2D eigenvalue weighted by atomic mass is 31.2. The van der Waals surface area contributed by atoms with Crippen LogP contribution in [0.4, 0.5) is 0 Å². The number of nitrogens with one attached hydrogen (secondary N) is 1. The molecule has 3 unspecified atom stereocenters. The van der Waals surface area contributed by atoms with Gasteiger partial charge in [-0.05, 0) is 44.9 Å². The molecular formula is C53H100NO10P. The molecule has 0 heterocycles. The molecule has 382 valence electrons. The normalized spacial score (nSPS) is 13.7. The quantitative estimate of drug-likeness (QED) is 0.0199. The molecule has 4 N–H and O–H groups in total. The van der Waals surface area contributed by atoms with Gasteiger partial charge in [0.15, 0.2) is 6.04 Å². The lowest BCUT2D eigenvalue weighted by atomic mass is 10.0. The maximum Gasteiger partial charge on any atom is 0.472 e. The Morgan fingerprint density at radius 2 is 0.846 bits per heavy atom. The predicted octanol–water partition coefficient (Wildman–Crippen LogP) is 15.0. The molecule has 0 aromatic carbocycles. The standard InChI is InChI=1S/C53H100NO10P/c1-3-5-7-9-11-13-15-17-19-21-23-24-25-26-27-29-31-33-35-37-39-41-43-45-52(57)62-46-49(55)47-63-65(60,61)64-48-50(53(58)59)54-51(56)44-42-40-38-36-34-32-30-28-22-20-18-16-14-12-10-8-6-4-2/h11,13,17,19,49-50,55H,3-10,12,14-16,18,20-48H2,1-2H3,(H,54,56)(H,58,59)(H,60,61)/b13-11-,19-17-. The van der Waals surface area contributed by atoms with Crippen LogP contribution in [-0.4, -0.2) is 64.9 Å². The molecule has 0 rings (SSSR count). The number of amides is 1. The van der Waals surface area contributed by atoms with E-state index in [1.807, 2.05) is 0 Å². The minimum Gasteiger partial charge on any atom is -0.480 e. The van der Waals surface area contributed by atoms with Crippen LogP contribution < -0.4 is 5.32 Å². The summed E-state index contributed by atoms with van der Waals surface area (Å²) in [6, 6.07) is -1.54. The van der Waals surface area contributed by atoms with Crippen LogP contribution in [0.5, 0.6) is 0 Å². The number of hydrogen-bond acceptors (Lipinski definition) is 8. The fraction of sp³-hybridized carbons (Fsp3) is 0.868. The predicted molar refractivity (Wildman–Crippen MR) is 268 cm³/mol. The molecular weight excluding hydrogens is 842 g/mol. The zero-order chi connectivity index (χ0) is 47.7. The van der Waals surface area contributed by atoms with E-state index in [0.29, 0.717) is 12.8 Å². The number of esters is 1. The Kier molecular flexibility index (Phi) is 46.9. The maximum atomic E-state index is 12.4. The molecule has 0 aromatic rings. The maximum absolute atomic E-state index is 12.4. The Morgan fingerprint density at radius 3 is 1.28 bits per heavy atom. The summed E-state index contributed by atoms with van der Waals surface area (Å²) in [5, 5.41) is 21.9. The molecule has 0 aliphatic rings. The van der Waals surface area contributed by atoms with Crippen LogP contribution in [0.2, 0.25) is 0 Å². The SMILES string of the molecule is CCCCC/C=C\C/C=C\CCCCCCCCCCCCCCCC(=O)OCC(O)COP(=O)(O)OCC(NC(=O)CCCCCCCCCCCCCCCCCCCC)C(=O)O. The number of rotatable bonds is 51. The van der Waals surface area contributed by atoms with Crippen molar-refractivity contribution < 1.29 is 47.8 Å². The van der Waals surface area contributed by atoms with Gasteiger partial charge in [0.25, 0.3) is 0 Å². The largest absolute Gasteiger partial charge is 0.480 e. The van der Waals surface area contributed by atoms with E-state index >= 15 is 0 Å². The Labute approximate surface area is 398 Å². The number of unbranched alkanes of at least 4 members (excludes halogenated alkanes) is 33. The molecule has 1 amide bonds. The van der Waals surface area contributed by atoms with Crippen LogP contribution in [-0.2, 0) is 32.7 Å². The minimum atomic E-state index is -4.76. The van der Waals surface area contributed by atoms with E-state index in [1.54, 1.807) is 0 Å². The molecule has 0 fully saturated rings. The number of carbonyl (C=O) groups is 3. The summed E-state index contributed by atoms with van der Waals surface area (Å²) in [6.07, 6.45) is 53.4. The van der Waals surface area contributed by atoms with E-state index in [1.165, 1.54) is 180 Å². The van der Waals surface area contributed by atoms with Crippen molar-refractivity contribution in [3.05, 3.63) is 24.3 Å². The van der Waals surface area contributed by atoms with Gasteiger partial charge in [-0.2, -0.15) is 0 Å². The summed E-state index contributed by atoms with van der Waals surface area (Å²) in [4.78, 5) is 46.2. The van der Waals surface area contributed by atoms with E-state index in [-0.39, 0.29) is 12.8 Å². The number of ether oxygens (including phenoxy) is 1. The first-order valence-corrected chi connectivity index (χ1v) is 28.4. The number of allylic oxidation sites excluding steroid dienone is 4. The van der Waals surface area contributed by atoms with Crippen molar-refractivity contribution in [2.45, 2.75) is 276 Å². The van der Waals surface area contributed by atoms with Gasteiger partial charge in [-0.15, -0.1) is 0 Å². The molecule has 65 heavy (non-hydrogen) atoms. The number of aliphatic hydroxyl groups excluding tert-OH is 1. The summed E-state index contributed by atoms with van der Waals surface area (Å²) < 4.78 is 27.0. The third-order valence-corrected chi connectivity index (χ3v) is 12.9. The fourth-order valence-electron chi connectivity index (χ4n) is 7.82. The monoisotopic (exact) mass is 942 g/mol. The van der Waals surface area contributed by atoms with Crippen LogP contribution in [0.3, 0.4) is 0 Å². The van der Waals surface area contributed by atoms with Gasteiger partial charge >= 0.3 is 19.8 Å². The summed E-state index contributed by atoms with van der Waals surface area (Å²) in [7, 11) is -4.76. The van der Waals surface area contributed by atoms with Crippen LogP contribution in [0.25, 0.3) is 0 Å². The summed E-state index contributed by atoms with van der Waals surface area (Å²) in [5.41, 5.74) is 0.